The van der Waals surface area contributed by atoms with Crippen molar-refractivity contribution in [1.29, 1.82) is 0 Å². The molecule has 0 aliphatic heterocycles. The average Bonchev–Trinajstić information content (AvgIpc) is 3.00. The highest BCUT2D eigenvalue weighted by atomic mass is 14.6. The first-order valence-corrected chi connectivity index (χ1v) is 12.9. The fourth-order valence-electron chi connectivity index (χ4n) is 6.04. The third-order valence-corrected chi connectivity index (χ3v) is 7.79. The molecular weight excluding hydrogens is 460 g/mol. The van der Waals surface area contributed by atoms with Crippen LogP contribution in [0.3, 0.4) is 0 Å². The number of hydrogen-bond donors (Lipinski definition) is 0. The Hall–Kier alpha value is -5.08. The van der Waals surface area contributed by atoms with Gasteiger partial charge in [0.25, 0.3) is 0 Å². The van der Waals surface area contributed by atoms with Gasteiger partial charge in [-0.15, -0.1) is 0 Å². The van der Waals surface area contributed by atoms with E-state index < -0.39 is 0 Å². The van der Waals surface area contributed by atoms with Crippen LogP contribution in [-0.4, -0.2) is 9.97 Å². The summed E-state index contributed by atoms with van der Waals surface area (Å²) in [7, 11) is 0. The first-order valence-electron chi connectivity index (χ1n) is 12.9. The third kappa shape index (κ3) is 3.14. The van der Waals surface area contributed by atoms with Crippen LogP contribution in [0.25, 0.3) is 76.6 Å². The van der Waals surface area contributed by atoms with E-state index in [0.29, 0.717) is 0 Å². The van der Waals surface area contributed by atoms with Crippen molar-refractivity contribution in [3.8, 4) is 33.4 Å². The van der Waals surface area contributed by atoms with E-state index in [2.05, 4.69) is 119 Å². The van der Waals surface area contributed by atoms with Crippen LogP contribution in [0.15, 0.2) is 134 Å². The van der Waals surface area contributed by atoms with E-state index in [4.69, 9.17) is 0 Å². The van der Waals surface area contributed by atoms with Crippen LogP contribution in [-0.2, 0) is 0 Å². The lowest BCUT2D eigenvalue weighted by Gasteiger charge is -2.17. The number of fused-ring (bicyclic) bond motifs is 1. The lowest BCUT2D eigenvalue weighted by molar-refractivity contribution is 1.33. The molecule has 176 valence electrons. The second-order valence-electron chi connectivity index (χ2n) is 9.84. The molecule has 2 nitrogen and oxygen atoms in total. The van der Waals surface area contributed by atoms with Gasteiger partial charge in [-0.25, -0.2) is 0 Å². The zero-order chi connectivity index (χ0) is 25.1. The number of nitrogens with zero attached hydrogens (tertiary/aromatic N) is 2. The van der Waals surface area contributed by atoms with Gasteiger partial charge in [-0.05, 0) is 96.0 Å². The quantitative estimate of drug-likeness (QED) is 0.234. The summed E-state index contributed by atoms with van der Waals surface area (Å²) in [6, 6.07) is 41.7. The molecule has 0 saturated carbocycles. The van der Waals surface area contributed by atoms with Crippen molar-refractivity contribution >= 4 is 43.2 Å². The Morgan fingerprint density at radius 3 is 1.87 bits per heavy atom. The van der Waals surface area contributed by atoms with Crippen molar-refractivity contribution in [2.75, 3.05) is 0 Å². The molecule has 0 N–H and O–H groups in total. The van der Waals surface area contributed by atoms with Gasteiger partial charge in [0.15, 0.2) is 0 Å². The maximum absolute atomic E-state index is 4.60. The Morgan fingerprint density at radius 1 is 0.395 bits per heavy atom. The molecule has 0 aliphatic rings. The minimum atomic E-state index is 1.02. The fraction of sp³-hybridized carbons (Fsp3) is 0. The number of aromatic nitrogens is 2. The van der Waals surface area contributed by atoms with Gasteiger partial charge in [-0.1, -0.05) is 84.9 Å². The first-order chi connectivity index (χ1) is 18.8. The van der Waals surface area contributed by atoms with E-state index in [1.807, 2.05) is 24.7 Å². The molecule has 2 heteroatoms. The van der Waals surface area contributed by atoms with Gasteiger partial charge < -0.3 is 0 Å². The first kappa shape index (κ1) is 21.0. The molecule has 0 aliphatic carbocycles. The Kier molecular flexibility index (Phi) is 4.55. The van der Waals surface area contributed by atoms with E-state index >= 15 is 0 Å². The number of pyridine rings is 2. The summed E-state index contributed by atoms with van der Waals surface area (Å²) in [5.41, 5.74) is 8.33. The van der Waals surface area contributed by atoms with Gasteiger partial charge in [0.05, 0.1) is 5.52 Å². The van der Waals surface area contributed by atoms with Gasteiger partial charge >= 0.3 is 0 Å². The van der Waals surface area contributed by atoms with Gasteiger partial charge in [-0.2, -0.15) is 0 Å². The smallest absolute Gasteiger partial charge is 0.0708 e. The van der Waals surface area contributed by atoms with E-state index in [1.54, 1.807) is 0 Å². The van der Waals surface area contributed by atoms with Crippen molar-refractivity contribution in [3.63, 3.8) is 0 Å². The largest absolute Gasteiger partial charge is 0.265 e. The second kappa shape index (κ2) is 8.22. The minimum absolute atomic E-state index is 1.02. The standard InChI is InChI=1S/C36H22N2/c1-4-26(23-17-20-37-21-18-23)22-27(5-1)28-13-9-24-12-16-33-30(14-10-25-11-15-32(28)35(24)36(25)33)29-6-2-8-34-31(29)7-3-19-38-34/h1-22H. The van der Waals surface area contributed by atoms with Crippen LogP contribution >= 0.6 is 0 Å². The van der Waals surface area contributed by atoms with Crippen LogP contribution < -0.4 is 0 Å². The maximum atomic E-state index is 4.60. The molecule has 0 fully saturated rings. The van der Waals surface area contributed by atoms with Crippen molar-refractivity contribution in [1.82, 2.24) is 9.97 Å². The van der Waals surface area contributed by atoms with Crippen LogP contribution in [0, 0.1) is 0 Å². The molecule has 0 amide bonds. The molecule has 0 bridgehead atoms. The summed E-state index contributed by atoms with van der Waals surface area (Å²) < 4.78 is 0. The Morgan fingerprint density at radius 2 is 1.05 bits per heavy atom. The predicted molar refractivity (Wildman–Crippen MR) is 160 cm³/mol. The second-order valence-corrected chi connectivity index (χ2v) is 9.84. The molecule has 0 unspecified atom stereocenters. The molecule has 8 aromatic rings. The lowest BCUT2D eigenvalue weighted by atomic mass is 9.86. The van der Waals surface area contributed by atoms with Crippen molar-refractivity contribution < 1.29 is 0 Å². The third-order valence-electron chi connectivity index (χ3n) is 7.79. The summed E-state index contributed by atoms with van der Waals surface area (Å²) in [4.78, 5) is 8.78. The fourth-order valence-corrected chi connectivity index (χ4v) is 6.04. The van der Waals surface area contributed by atoms with Gasteiger partial charge in [0.2, 0.25) is 0 Å². The SMILES string of the molecule is c1cc(-c2ccncc2)cc(-c2ccc3ccc4c(-c5cccc6ncccc56)ccc5ccc2c3c54)c1. The normalized spacial score (nSPS) is 11.7. The molecule has 0 spiro atoms. The maximum Gasteiger partial charge on any atom is 0.0708 e. The number of hydrogen-bond acceptors (Lipinski definition) is 2. The Labute approximate surface area is 220 Å². The highest BCUT2D eigenvalue weighted by molar-refractivity contribution is 6.28. The molecule has 2 heterocycles. The summed E-state index contributed by atoms with van der Waals surface area (Å²) >= 11 is 0. The summed E-state index contributed by atoms with van der Waals surface area (Å²) in [5.74, 6) is 0. The zero-order valence-corrected chi connectivity index (χ0v) is 20.6. The molecule has 0 atom stereocenters. The van der Waals surface area contributed by atoms with Crippen molar-refractivity contribution in [2.45, 2.75) is 0 Å². The molecule has 6 aromatic carbocycles. The van der Waals surface area contributed by atoms with E-state index in [1.165, 1.54) is 71.1 Å². The molecule has 2 aromatic heterocycles. The molecule has 0 radical (unpaired) electrons. The lowest BCUT2D eigenvalue weighted by Crippen LogP contribution is -1.90. The summed E-state index contributed by atoms with van der Waals surface area (Å²) in [6.45, 7) is 0. The average molecular weight is 483 g/mol. The minimum Gasteiger partial charge on any atom is -0.265 e. The Bertz CT molecular complexity index is 2120. The van der Waals surface area contributed by atoms with Crippen LogP contribution in [0.2, 0.25) is 0 Å². The summed E-state index contributed by atoms with van der Waals surface area (Å²) in [6.07, 6.45) is 5.56. The zero-order valence-electron chi connectivity index (χ0n) is 20.6. The van der Waals surface area contributed by atoms with Gasteiger partial charge in [0, 0.05) is 24.0 Å². The van der Waals surface area contributed by atoms with E-state index in [-0.39, 0.29) is 0 Å². The van der Waals surface area contributed by atoms with E-state index in [9.17, 15) is 0 Å². The summed E-state index contributed by atoms with van der Waals surface area (Å²) in [5, 5.41) is 8.92. The number of rotatable bonds is 3. The van der Waals surface area contributed by atoms with Crippen molar-refractivity contribution in [3.05, 3.63) is 134 Å². The Balaban J connectivity index is 1.40. The molecular formula is C36H22N2. The van der Waals surface area contributed by atoms with Crippen molar-refractivity contribution in [2.24, 2.45) is 0 Å². The van der Waals surface area contributed by atoms with Gasteiger partial charge in [0.1, 0.15) is 0 Å². The molecule has 38 heavy (non-hydrogen) atoms. The highest BCUT2D eigenvalue weighted by Gasteiger charge is 2.16. The van der Waals surface area contributed by atoms with E-state index in [0.717, 1.165) is 5.52 Å². The topological polar surface area (TPSA) is 25.8 Å². The van der Waals surface area contributed by atoms with Crippen LogP contribution in [0.5, 0.6) is 0 Å². The highest BCUT2D eigenvalue weighted by Crippen LogP contribution is 2.43. The monoisotopic (exact) mass is 482 g/mol. The van der Waals surface area contributed by atoms with Crippen LogP contribution in [0.4, 0.5) is 0 Å². The number of benzene rings is 6. The molecule has 0 saturated heterocycles. The van der Waals surface area contributed by atoms with Gasteiger partial charge in [-0.3, -0.25) is 9.97 Å². The predicted octanol–water partition coefficient (Wildman–Crippen LogP) is 9.53. The van der Waals surface area contributed by atoms with Crippen LogP contribution in [0.1, 0.15) is 0 Å². The molecule has 8 rings (SSSR count).